The average Bonchev–Trinajstić information content (AvgIpc) is 2.92. The molecule has 0 unspecified atom stereocenters. The van der Waals surface area contributed by atoms with Gasteiger partial charge in [0.25, 0.3) is 11.8 Å². The number of rotatable bonds is 8. The van der Waals surface area contributed by atoms with Gasteiger partial charge in [-0.2, -0.15) is 0 Å². The van der Waals surface area contributed by atoms with Crippen LogP contribution in [-0.2, 0) is 11.2 Å². The summed E-state index contributed by atoms with van der Waals surface area (Å²) in [5.41, 5.74) is 1.45. The summed E-state index contributed by atoms with van der Waals surface area (Å²) in [6, 6.07) is 13.3. The van der Waals surface area contributed by atoms with Gasteiger partial charge in [0.05, 0.1) is 11.1 Å². The van der Waals surface area contributed by atoms with Crippen molar-refractivity contribution < 1.29 is 18.8 Å². The number of benzene rings is 2. The molecule has 0 radical (unpaired) electrons. The number of fused-ring (bicyclic) bond motifs is 1. The minimum Gasteiger partial charge on any atom is -0.356 e. The van der Waals surface area contributed by atoms with E-state index < -0.39 is 0 Å². The number of carbonyl (C=O) groups excluding carboxylic acids is 3. The predicted octanol–water partition coefficient (Wildman–Crippen LogP) is 2.95. The molecular weight excluding hydrogens is 347 g/mol. The summed E-state index contributed by atoms with van der Waals surface area (Å²) in [6.45, 7) is 0.544. The van der Waals surface area contributed by atoms with E-state index in [4.69, 9.17) is 0 Å². The summed E-state index contributed by atoms with van der Waals surface area (Å²) in [6.07, 6.45) is 2.18. The maximum absolute atomic E-state index is 13.5. The van der Waals surface area contributed by atoms with Gasteiger partial charge in [-0.05, 0) is 43.0 Å². The van der Waals surface area contributed by atoms with Crippen molar-refractivity contribution in [2.45, 2.75) is 25.7 Å². The van der Waals surface area contributed by atoms with Gasteiger partial charge in [0, 0.05) is 19.5 Å². The van der Waals surface area contributed by atoms with E-state index in [1.54, 1.807) is 42.5 Å². The topological polar surface area (TPSA) is 66.5 Å². The molecule has 3 amide bonds. The summed E-state index contributed by atoms with van der Waals surface area (Å²) in [7, 11) is 0. The lowest BCUT2D eigenvalue weighted by Crippen LogP contribution is -2.34. The van der Waals surface area contributed by atoms with Gasteiger partial charge in [-0.1, -0.05) is 30.3 Å². The van der Waals surface area contributed by atoms with Crippen LogP contribution in [0.4, 0.5) is 4.39 Å². The average molecular weight is 368 g/mol. The number of nitrogens with one attached hydrogen (secondary N) is 1. The zero-order valence-corrected chi connectivity index (χ0v) is 14.9. The lowest BCUT2D eigenvalue weighted by molar-refractivity contribution is -0.121. The normalized spacial score (nSPS) is 13.0. The molecule has 0 saturated heterocycles. The molecule has 27 heavy (non-hydrogen) atoms. The second kappa shape index (κ2) is 8.58. The fraction of sp³-hybridized carbons (Fsp3) is 0.286. The minimum absolute atomic E-state index is 0.0629. The molecule has 140 valence electrons. The molecule has 1 N–H and O–H groups in total. The summed E-state index contributed by atoms with van der Waals surface area (Å²) < 4.78 is 13.5. The molecule has 0 spiro atoms. The Morgan fingerprint density at radius 2 is 1.56 bits per heavy atom. The van der Waals surface area contributed by atoms with Gasteiger partial charge in [0.1, 0.15) is 5.82 Å². The first-order valence-electron chi connectivity index (χ1n) is 9.03. The molecule has 0 aliphatic carbocycles. The number of amides is 3. The third-order valence-corrected chi connectivity index (χ3v) is 4.59. The zero-order chi connectivity index (χ0) is 19.2. The van der Waals surface area contributed by atoms with E-state index >= 15 is 0 Å². The number of hydrogen-bond donors (Lipinski definition) is 1. The molecule has 0 saturated carbocycles. The van der Waals surface area contributed by atoms with E-state index in [9.17, 15) is 18.8 Å². The van der Waals surface area contributed by atoms with Gasteiger partial charge in [-0.15, -0.1) is 0 Å². The van der Waals surface area contributed by atoms with Crippen molar-refractivity contribution in [2.75, 3.05) is 13.1 Å². The fourth-order valence-corrected chi connectivity index (χ4v) is 3.11. The Labute approximate surface area is 157 Å². The monoisotopic (exact) mass is 368 g/mol. The van der Waals surface area contributed by atoms with Crippen LogP contribution in [0.5, 0.6) is 0 Å². The van der Waals surface area contributed by atoms with Crippen LogP contribution >= 0.6 is 0 Å². The highest BCUT2D eigenvalue weighted by Gasteiger charge is 2.34. The molecule has 1 heterocycles. The van der Waals surface area contributed by atoms with E-state index in [2.05, 4.69) is 5.32 Å². The smallest absolute Gasteiger partial charge is 0.261 e. The number of hydrogen-bond acceptors (Lipinski definition) is 3. The highest BCUT2D eigenvalue weighted by atomic mass is 19.1. The molecule has 0 atom stereocenters. The number of aryl methyl sites for hydroxylation is 1. The summed E-state index contributed by atoms with van der Waals surface area (Å²) in [5.74, 6) is -1.12. The highest BCUT2D eigenvalue weighted by molar-refractivity contribution is 6.21. The van der Waals surface area contributed by atoms with Crippen molar-refractivity contribution in [3.63, 3.8) is 0 Å². The molecule has 1 aliphatic heterocycles. The van der Waals surface area contributed by atoms with Gasteiger partial charge in [0.2, 0.25) is 5.91 Å². The number of carbonyl (C=O) groups is 3. The van der Waals surface area contributed by atoms with E-state index in [0.29, 0.717) is 29.7 Å². The van der Waals surface area contributed by atoms with Crippen molar-refractivity contribution in [1.82, 2.24) is 10.2 Å². The lowest BCUT2D eigenvalue weighted by atomic mass is 10.1. The molecule has 0 fully saturated rings. The Hall–Kier alpha value is -3.02. The second-order valence-corrected chi connectivity index (χ2v) is 6.46. The fourth-order valence-electron chi connectivity index (χ4n) is 3.11. The third-order valence-electron chi connectivity index (χ3n) is 4.59. The van der Waals surface area contributed by atoms with Crippen LogP contribution in [0.15, 0.2) is 48.5 Å². The number of nitrogens with zero attached hydrogens (tertiary/aromatic N) is 1. The van der Waals surface area contributed by atoms with Gasteiger partial charge < -0.3 is 5.32 Å². The first-order chi connectivity index (χ1) is 13.1. The van der Waals surface area contributed by atoms with Crippen LogP contribution < -0.4 is 5.32 Å². The first kappa shape index (κ1) is 18.8. The molecular formula is C21H21FN2O3. The van der Waals surface area contributed by atoms with Gasteiger partial charge >= 0.3 is 0 Å². The van der Waals surface area contributed by atoms with Gasteiger partial charge in [0.15, 0.2) is 0 Å². The molecule has 6 heteroatoms. The minimum atomic E-state index is -0.353. The van der Waals surface area contributed by atoms with Crippen molar-refractivity contribution in [3.05, 3.63) is 71.0 Å². The number of imide groups is 1. The highest BCUT2D eigenvalue weighted by Crippen LogP contribution is 2.22. The number of halogens is 1. The van der Waals surface area contributed by atoms with Crippen LogP contribution in [0, 0.1) is 5.82 Å². The van der Waals surface area contributed by atoms with Crippen molar-refractivity contribution >= 4 is 17.7 Å². The van der Waals surface area contributed by atoms with Crippen LogP contribution in [0.25, 0.3) is 0 Å². The van der Waals surface area contributed by atoms with Crippen LogP contribution in [0.3, 0.4) is 0 Å². The Morgan fingerprint density at radius 3 is 2.22 bits per heavy atom. The SMILES string of the molecule is O=C(CCN1C(=O)c2ccccc2C1=O)NCCCCc1ccccc1F. The van der Waals surface area contributed by atoms with Crippen LogP contribution in [0.2, 0.25) is 0 Å². The maximum Gasteiger partial charge on any atom is 0.261 e. The van der Waals surface area contributed by atoms with Crippen LogP contribution in [-0.4, -0.2) is 35.7 Å². The van der Waals surface area contributed by atoms with E-state index in [1.165, 1.54) is 6.07 Å². The van der Waals surface area contributed by atoms with E-state index in [-0.39, 0.29) is 36.5 Å². The summed E-state index contributed by atoms with van der Waals surface area (Å²) in [4.78, 5) is 37.5. The second-order valence-electron chi connectivity index (χ2n) is 6.46. The molecule has 0 aromatic heterocycles. The molecule has 2 aromatic rings. The largest absolute Gasteiger partial charge is 0.356 e. The Balaban J connectivity index is 1.36. The van der Waals surface area contributed by atoms with Crippen molar-refractivity contribution in [1.29, 1.82) is 0 Å². The third kappa shape index (κ3) is 4.39. The summed E-state index contributed by atoms with van der Waals surface area (Å²) >= 11 is 0. The first-order valence-corrected chi connectivity index (χ1v) is 9.03. The quantitative estimate of drug-likeness (QED) is 0.575. The van der Waals surface area contributed by atoms with Crippen molar-refractivity contribution in [2.24, 2.45) is 0 Å². The molecule has 2 aromatic carbocycles. The van der Waals surface area contributed by atoms with Crippen LogP contribution in [0.1, 0.15) is 45.5 Å². The molecule has 1 aliphatic rings. The number of unbranched alkanes of at least 4 members (excludes halogenated alkanes) is 1. The zero-order valence-electron chi connectivity index (χ0n) is 14.9. The van der Waals surface area contributed by atoms with E-state index in [1.807, 2.05) is 0 Å². The standard InChI is InChI=1S/C21H21FN2O3/c22-18-11-4-1-7-15(18)8-5-6-13-23-19(25)12-14-24-20(26)16-9-2-3-10-17(16)21(24)27/h1-4,7,9-11H,5-6,8,12-14H2,(H,23,25). The molecule has 3 rings (SSSR count). The van der Waals surface area contributed by atoms with Gasteiger partial charge in [-0.3, -0.25) is 19.3 Å². The molecule has 0 bridgehead atoms. The molecule has 5 nitrogen and oxygen atoms in total. The lowest BCUT2D eigenvalue weighted by Gasteiger charge is -2.13. The predicted molar refractivity (Wildman–Crippen MR) is 98.8 cm³/mol. The Bertz CT molecular complexity index is 831. The summed E-state index contributed by atoms with van der Waals surface area (Å²) in [5, 5.41) is 2.78. The maximum atomic E-state index is 13.5. The van der Waals surface area contributed by atoms with Crippen molar-refractivity contribution in [3.8, 4) is 0 Å². The Kier molecular flexibility index (Phi) is 5.96. The van der Waals surface area contributed by atoms with E-state index in [0.717, 1.165) is 17.7 Å². The van der Waals surface area contributed by atoms with Gasteiger partial charge in [-0.25, -0.2) is 4.39 Å². The Morgan fingerprint density at radius 1 is 0.926 bits per heavy atom.